The summed E-state index contributed by atoms with van der Waals surface area (Å²) in [6.07, 6.45) is 2.75. The van der Waals surface area contributed by atoms with Gasteiger partial charge >= 0.3 is 0 Å². The van der Waals surface area contributed by atoms with Gasteiger partial charge in [0.1, 0.15) is 18.0 Å². The molecule has 0 aromatic carbocycles. The Kier molecular flexibility index (Phi) is 5.26. The Bertz CT molecular complexity index is 1210. The first kappa shape index (κ1) is 21.8. The number of nitrogens with zero attached hydrogens (tertiary/aromatic N) is 6. The molecule has 34 heavy (non-hydrogen) atoms. The predicted octanol–water partition coefficient (Wildman–Crippen LogP) is 1.63. The summed E-state index contributed by atoms with van der Waals surface area (Å²) in [4.78, 5) is 17.9. The van der Waals surface area contributed by atoms with Crippen molar-refractivity contribution in [1.82, 2.24) is 40.4 Å². The molecule has 9 atom stereocenters. The van der Waals surface area contributed by atoms with E-state index in [4.69, 9.17) is 11.6 Å². The number of hydrogen-bond acceptors (Lipinski definition) is 7. The fourth-order valence-electron chi connectivity index (χ4n) is 5.54. The van der Waals surface area contributed by atoms with Gasteiger partial charge in [0, 0.05) is 30.6 Å². The number of anilines is 1. The summed E-state index contributed by atoms with van der Waals surface area (Å²) in [6, 6.07) is 3.20. The van der Waals surface area contributed by atoms with Crippen molar-refractivity contribution in [2.45, 2.75) is 49.1 Å². The van der Waals surface area contributed by atoms with Gasteiger partial charge in [-0.1, -0.05) is 6.07 Å². The minimum Gasteiger partial charge on any atom is -0.309 e. The van der Waals surface area contributed by atoms with Crippen LogP contribution in [-0.2, 0) is 4.79 Å². The molecule has 2 aliphatic carbocycles. The zero-order valence-electron chi connectivity index (χ0n) is 18.2. The minimum atomic E-state index is -1.32. The average molecular weight is 492 g/mol. The highest BCUT2D eigenvalue weighted by Gasteiger charge is 2.55. The largest absolute Gasteiger partial charge is 0.309 e. The molecule has 1 saturated heterocycles. The lowest BCUT2D eigenvalue weighted by Crippen LogP contribution is -2.55. The maximum atomic E-state index is 15.8. The van der Waals surface area contributed by atoms with E-state index in [0.717, 1.165) is 5.56 Å². The van der Waals surface area contributed by atoms with Crippen LogP contribution in [0.1, 0.15) is 30.9 Å². The van der Waals surface area contributed by atoms with Crippen molar-refractivity contribution in [3.63, 3.8) is 0 Å². The van der Waals surface area contributed by atoms with E-state index < -0.39 is 29.6 Å². The molecule has 2 saturated carbocycles. The molecule has 3 aromatic heterocycles. The number of hydrogen-bond donors (Lipinski definition) is 3. The van der Waals surface area contributed by atoms with Gasteiger partial charge in [-0.05, 0) is 36.1 Å². The molecular weight excluding hydrogens is 468 g/mol. The highest BCUT2D eigenvalue weighted by Crippen LogP contribution is 2.48. The second-order valence-electron chi connectivity index (χ2n) is 9.41. The number of amides is 1. The highest BCUT2D eigenvalue weighted by molar-refractivity contribution is 6.21. The van der Waals surface area contributed by atoms with Crippen LogP contribution < -0.4 is 16.2 Å². The molecule has 1 aliphatic heterocycles. The second-order valence-corrected chi connectivity index (χ2v) is 9.91. The van der Waals surface area contributed by atoms with Gasteiger partial charge in [-0.3, -0.25) is 15.6 Å². The lowest BCUT2D eigenvalue weighted by atomic mass is 9.66. The van der Waals surface area contributed by atoms with Crippen molar-refractivity contribution in [3.05, 3.63) is 36.4 Å². The first-order chi connectivity index (χ1) is 16.4. The summed E-state index contributed by atoms with van der Waals surface area (Å²) in [7, 11) is 0. The highest BCUT2D eigenvalue weighted by atomic mass is 35.5. The Hall–Kier alpha value is -2.70. The molecule has 3 aliphatic rings. The fourth-order valence-corrected chi connectivity index (χ4v) is 6.04. The number of fused-ring (bicyclic) bond motifs is 2. The zero-order chi connectivity index (χ0) is 23.6. The summed E-state index contributed by atoms with van der Waals surface area (Å²) < 4.78 is 30.8. The Labute approximate surface area is 198 Å². The molecule has 0 spiro atoms. The van der Waals surface area contributed by atoms with E-state index in [2.05, 4.69) is 36.6 Å². The number of rotatable bonds is 5. The molecule has 6 rings (SSSR count). The van der Waals surface area contributed by atoms with Crippen LogP contribution in [0.15, 0.2) is 30.9 Å². The van der Waals surface area contributed by atoms with Crippen molar-refractivity contribution in [2.75, 3.05) is 11.9 Å². The van der Waals surface area contributed by atoms with Gasteiger partial charge in [0.25, 0.3) is 0 Å². The second kappa shape index (κ2) is 8.21. The average Bonchev–Trinajstić information content (AvgIpc) is 3.26. The van der Waals surface area contributed by atoms with E-state index >= 15 is 4.39 Å². The third kappa shape index (κ3) is 3.55. The quantitative estimate of drug-likeness (QED) is 0.465. The predicted molar refractivity (Wildman–Crippen MR) is 119 cm³/mol. The number of nitrogens with one attached hydrogen (secondary N) is 3. The van der Waals surface area contributed by atoms with Gasteiger partial charge in [0.15, 0.2) is 12.1 Å². The van der Waals surface area contributed by atoms with Gasteiger partial charge in [-0.15, -0.1) is 21.8 Å². The number of aromatic nitrogens is 6. The number of hydrazine groups is 1. The molecular formula is C21H24ClF2N9O. The summed E-state index contributed by atoms with van der Waals surface area (Å²) in [6.45, 7) is 2.51. The summed E-state index contributed by atoms with van der Waals surface area (Å²) in [5.41, 5.74) is 7.93. The number of tetrazole rings is 1. The van der Waals surface area contributed by atoms with E-state index in [1.54, 1.807) is 10.6 Å². The number of alkyl halides is 3. The lowest BCUT2D eigenvalue weighted by molar-refractivity contribution is -0.117. The molecule has 0 radical (unpaired) electrons. The smallest absolute Gasteiger partial charge is 0.231 e. The van der Waals surface area contributed by atoms with Gasteiger partial charge in [0.2, 0.25) is 5.91 Å². The van der Waals surface area contributed by atoms with E-state index in [0.29, 0.717) is 18.0 Å². The number of imidazole rings is 1. The van der Waals surface area contributed by atoms with Crippen LogP contribution >= 0.6 is 11.6 Å². The van der Waals surface area contributed by atoms with Crippen molar-refractivity contribution in [3.8, 4) is 0 Å². The van der Waals surface area contributed by atoms with Crippen LogP contribution in [0.3, 0.4) is 0 Å². The van der Waals surface area contributed by atoms with E-state index in [-0.39, 0.29) is 36.2 Å². The number of pyridine rings is 1. The topological polar surface area (TPSA) is 114 Å². The summed E-state index contributed by atoms with van der Waals surface area (Å²) in [5.74, 6) is -1.29. The SMILES string of the molecule is C[C@H](C1C(F)C(Cl)C(c2ccc3nc(NC(=O)[C@@H]4C[C@@H]4F)cn3c2)C2CNNC21)n1ncnn1. The van der Waals surface area contributed by atoms with Crippen molar-refractivity contribution in [1.29, 1.82) is 0 Å². The van der Waals surface area contributed by atoms with Gasteiger partial charge in [-0.2, -0.15) is 4.80 Å². The third-order valence-electron chi connectivity index (χ3n) is 7.40. The Morgan fingerprint density at radius 1 is 1.32 bits per heavy atom. The maximum Gasteiger partial charge on any atom is 0.231 e. The fraction of sp³-hybridized carbons (Fsp3) is 0.571. The molecule has 1 amide bonds. The number of carbonyl (C=O) groups excluding carboxylic acids is 1. The number of carbonyl (C=O) groups is 1. The van der Waals surface area contributed by atoms with E-state index in [1.807, 2.05) is 25.3 Å². The van der Waals surface area contributed by atoms with Crippen molar-refractivity contribution in [2.24, 2.45) is 17.8 Å². The number of halogens is 3. The van der Waals surface area contributed by atoms with Crippen LogP contribution in [0.5, 0.6) is 0 Å². The normalized spacial score (nSPS) is 35.8. The summed E-state index contributed by atoms with van der Waals surface area (Å²) in [5, 5.41) is 13.7. The maximum absolute atomic E-state index is 15.8. The molecule has 3 fully saturated rings. The van der Waals surface area contributed by atoms with E-state index in [9.17, 15) is 9.18 Å². The van der Waals surface area contributed by atoms with Crippen molar-refractivity contribution >= 4 is 29.0 Å². The first-order valence-corrected chi connectivity index (χ1v) is 11.8. The molecule has 13 heteroatoms. The minimum absolute atomic E-state index is 0.0296. The van der Waals surface area contributed by atoms with Crippen LogP contribution in [0.4, 0.5) is 14.6 Å². The summed E-state index contributed by atoms with van der Waals surface area (Å²) >= 11 is 6.80. The third-order valence-corrected chi connectivity index (χ3v) is 7.92. The van der Waals surface area contributed by atoms with Crippen LogP contribution in [0, 0.1) is 17.8 Å². The van der Waals surface area contributed by atoms with Crippen LogP contribution in [0.2, 0.25) is 0 Å². The van der Waals surface area contributed by atoms with Gasteiger partial charge in [-0.25, -0.2) is 13.8 Å². The molecule has 4 heterocycles. The molecule has 3 N–H and O–H groups in total. The zero-order valence-corrected chi connectivity index (χ0v) is 19.0. The Morgan fingerprint density at radius 3 is 2.88 bits per heavy atom. The standard InChI is InChI=1S/C21H24ClF2N9O/c1-9(33-27-8-26-31-33)16-19(24)18(22)17(12-5-25-30-20(12)16)10-2-3-15-28-14(7-32(15)6-10)29-21(34)11-4-13(11)23/h2-3,6-9,11-13,16-20,25,30H,4-5H2,1H3,(H,29,34)/t9-,11-,12?,13+,16?,17?,18?,19?,20?/m1/s1. The molecule has 10 nitrogen and oxygen atoms in total. The van der Waals surface area contributed by atoms with Gasteiger partial charge < -0.3 is 9.72 Å². The van der Waals surface area contributed by atoms with Gasteiger partial charge in [0.05, 0.1) is 23.5 Å². The first-order valence-electron chi connectivity index (χ1n) is 11.3. The molecule has 6 unspecified atom stereocenters. The molecule has 0 bridgehead atoms. The Balaban J connectivity index is 1.28. The van der Waals surface area contributed by atoms with Crippen molar-refractivity contribution < 1.29 is 13.6 Å². The van der Waals surface area contributed by atoms with Crippen LogP contribution in [0.25, 0.3) is 5.65 Å². The lowest BCUT2D eigenvalue weighted by Gasteiger charge is -2.45. The monoisotopic (exact) mass is 491 g/mol. The van der Waals surface area contributed by atoms with E-state index in [1.165, 1.54) is 11.1 Å². The molecule has 180 valence electrons. The molecule has 3 aromatic rings. The van der Waals surface area contributed by atoms with Crippen LogP contribution in [-0.4, -0.2) is 65.8 Å². The Morgan fingerprint density at radius 2 is 2.15 bits per heavy atom.